The van der Waals surface area contributed by atoms with E-state index in [1.54, 1.807) is 62.4 Å². The van der Waals surface area contributed by atoms with Crippen LogP contribution in [0.2, 0.25) is 0 Å². The number of allylic oxidation sites excluding steroid dienone is 4. The van der Waals surface area contributed by atoms with Gasteiger partial charge in [0.1, 0.15) is 12.1 Å². The first-order valence-electron chi connectivity index (χ1n) is 15.1. The molecule has 0 bridgehead atoms. The quantitative estimate of drug-likeness (QED) is 0.165. The minimum Gasteiger partial charge on any atom is -0.348 e. The number of carbonyl (C=O) groups is 5. The molecule has 1 saturated heterocycles. The fraction of sp³-hybridized carbons (Fsp3) is 0.485. The van der Waals surface area contributed by atoms with Crippen LogP contribution in [0.25, 0.3) is 0 Å². The summed E-state index contributed by atoms with van der Waals surface area (Å²) in [7, 11) is 2.07. The van der Waals surface area contributed by atoms with Crippen LogP contribution in [0.1, 0.15) is 44.5 Å². The Balaban J connectivity index is 2.01. The number of rotatable bonds is 16. The van der Waals surface area contributed by atoms with Crippen molar-refractivity contribution in [1.29, 1.82) is 0 Å². The number of Topliss-reactive ketones (excluding diaryl/α,β-unsaturated/α-hetero) is 1. The monoisotopic (exact) mass is 608 g/mol. The Hall–Kier alpha value is -4.09. The summed E-state index contributed by atoms with van der Waals surface area (Å²) in [6.45, 7) is 15.1. The molecule has 1 aliphatic heterocycles. The molecule has 11 nitrogen and oxygen atoms in total. The maximum absolute atomic E-state index is 13.3. The lowest BCUT2D eigenvalue weighted by Gasteiger charge is -2.32. The second kappa shape index (κ2) is 18.5. The van der Waals surface area contributed by atoms with Crippen molar-refractivity contribution >= 4 is 29.4 Å². The molecule has 0 saturated carbocycles. The number of amides is 4. The van der Waals surface area contributed by atoms with Crippen LogP contribution < -0.4 is 21.3 Å². The standard InChI is InChI=1S/C33H48N6O5/c1-7-8-10-13-24(4)22-27(36-31(42)26-14-11-9-12-15-26)32(43)35-25(5)30(41)37-28(23(2)3)29(40)33(44)34-16-17-39-20-18-38(6)19-21-39/h7-15,23,25,27-28H,1,16-22H2,2-6H3,(H,34,44)(H,35,43)(H,36,42)(H,37,41)/b10-8-,24-13+/t25-,27-,28-/m0/s1. The molecule has 240 valence electrons. The molecule has 1 aliphatic rings. The smallest absolute Gasteiger partial charge is 0.289 e. The van der Waals surface area contributed by atoms with E-state index in [0.29, 0.717) is 18.7 Å². The molecule has 0 aliphatic carbocycles. The topological polar surface area (TPSA) is 140 Å². The number of hydrogen-bond acceptors (Lipinski definition) is 7. The first-order valence-corrected chi connectivity index (χ1v) is 15.1. The van der Waals surface area contributed by atoms with E-state index < -0.39 is 47.5 Å². The van der Waals surface area contributed by atoms with Gasteiger partial charge in [-0.1, -0.05) is 68.5 Å². The highest BCUT2D eigenvalue weighted by molar-refractivity contribution is 6.38. The van der Waals surface area contributed by atoms with E-state index in [9.17, 15) is 24.0 Å². The van der Waals surface area contributed by atoms with E-state index in [-0.39, 0.29) is 12.3 Å². The summed E-state index contributed by atoms with van der Waals surface area (Å²) in [5.74, 6) is -3.48. The van der Waals surface area contributed by atoms with Crippen molar-refractivity contribution < 1.29 is 24.0 Å². The minimum absolute atomic E-state index is 0.196. The molecule has 1 heterocycles. The Morgan fingerprint density at radius 2 is 1.57 bits per heavy atom. The van der Waals surface area contributed by atoms with Crippen molar-refractivity contribution in [2.45, 2.75) is 52.2 Å². The molecule has 1 fully saturated rings. The third-order valence-corrected chi connectivity index (χ3v) is 7.34. The van der Waals surface area contributed by atoms with Gasteiger partial charge in [-0.15, -0.1) is 0 Å². The highest BCUT2D eigenvalue weighted by atomic mass is 16.2. The van der Waals surface area contributed by atoms with Gasteiger partial charge in [-0.2, -0.15) is 0 Å². The summed E-state index contributed by atoms with van der Waals surface area (Å²) in [5, 5.41) is 10.7. The van der Waals surface area contributed by atoms with Gasteiger partial charge in [0.25, 0.3) is 11.8 Å². The molecule has 44 heavy (non-hydrogen) atoms. The Bertz CT molecular complexity index is 1200. The number of benzene rings is 1. The molecule has 11 heteroatoms. The van der Waals surface area contributed by atoms with Crippen molar-refractivity contribution in [2.75, 3.05) is 46.3 Å². The number of piperazine rings is 1. The van der Waals surface area contributed by atoms with Crippen LogP contribution in [0.15, 0.2) is 66.8 Å². The van der Waals surface area contributed by atoms with Gasteiger partial charge in [-0.25, -0.2) is 0 Å². The largest absolute Gasteiger partial charge is 0.348 e. The molecule has 0 radical (unpaired) electrons. The summed E-state index contributed by atoms with van der Waals surface area (Å²) in [5.41, 5.74) is 1.21. The molecule has 0 unspecified atom stereocenters. The van der Waals surface area contributed by atoms with Gasteiger partial charge in [0.2, 0.25) is 17.6 Å². The zero-order valence-corrected chi connectivity index (χ0v) is 26.6. The van der Waals surface area contributed by atoms with Gasteiger partial charge < -0.3 is 26.2 Å². The third kappa shape index (κ3) is 12.3. The molecular weight excluding hydrogens is 560 g/mol. The fourth-order valence-corrected chi connectivity index (χ4v) is 4.55. The minimum atomic E-state index is -1.07. The van der Waals surface area contributed by atoms with E-state index in [1.165, 1.54) is 6.92 Å². The highest BCUT2D eigenvalue weighted by Crippen LogP contribution is 2.09. The summed E-state index contributed by atoms with van der Waals surface area (Å²) in [6, 6.07) is 5.43. The van der Waals surface area contributed by atoms with Gasteiger partial charge in [-0.3, -0.25) is 28.9 Å². The normalized spacial score (nSPS) is 16.5. The van der Waals surface area contributed by atoms with Crippen molar-refractivity contribution in [3.05, 3.63) is 72.4 Å². The predicted molar refractivity (Wildman–Crippen MR) is 172 cm³/mol. The van der Waals surface area contributed by atoms with Crippen molar-refractivity contribution in [3.8, 4) is 0 Å². The summed E-state index contributed by atoms with van der Waals surface area (Å²) in [6.07, 6.45) is 7.15. The zero-order chi connectivity index (χ0) is 32.6. The van der Waals surface area contributed by atoms with E-state index >= 15 is 0 Å². The van der Waals surface area contributed by atoms with Crippen molar-refractivity contribution in [1.82, 2.24) is 31.1 Å². The van der Waals surface area contributed by atoms with Crippen LogP contribution in [0.4, 0.5) is 0 Å². The number of hydrogen-bond donors (Lipinski definition) is 4. The molecule has 2 rings (SSSR count). The number of carbonyl (C=O) groups excluding carboxylic acids is 5. The van der Waals surface area contributed by atoms with E-state index in [2.05, 4.69) is 44.7 Å². The Labute approximate surface area is 261 Å². The van der Waals surface area contributed by atoms with E-state index in [4.69, 9.17) is 0 Å². The van der Waals surface area contributed by atoms with Crippen LogP contribution >= 0.6 is 0 Å². The molecule has 0 aromatic heterocycles. The van der Waals surface area contributed by atoms with Gasteiger partial charge in [0.05, 0.1) is 6.04 Å². The van der Waals surface area contributed by atoms with Crippen LogP contribution in [0, 0.1) is 5.92 Å². The number of nitrogens with zero attached hydrogens (tertiary/aromatic N) is 2. The van der Waals surface area contributed by atoms with E-state index in [0.717, 1.165) is 31.8 Å². The molecule has 3 atom stereocenters. The van der Waals surface area contributed by atoms with E-state index in [1.807, 2.05) is 13.0 Å². The average Bonchev–Trinajstić information content (AvgIpc) is 3.00. The summed E-state index contributed by atoms with van der Waals surface area (Å²) < 4.78 is 0. The maximum atomic E-state index is 13.3. The highest BCUT2D eigenvalue weighted by Gasteiger charge is 2.32. The molecule has 0 spiro atoms. The first-order chi connectivity index (χ1) is 20.9. The number of likely N-dealkylation sites (N-methyl/N-ethyl adjacent to an activating group) is 1. The Kier molecular flexibility index (Phi) is 15.2. The molecule has 4 amide bonds. The molecule has 1 aromatic rings. The lowest BCUT2D eigenvalue weighted by Crippen LogP contribution is -2.57. The second-order valence-corrected chi connectivity index (χ2v) is 11.5. The van der Waals surface area contributed by atoms with Gasteiger partial charge in [-0.05, 0) is 45.4 Å². The van der Waals surface area contributed by atoms with Crippen molar-refractivity contribution in [3.63, 3.8) is 0 Å². The maximum Gasteiger partial charge on any atom is 0.289 e. The predicted octanol–water partition coefficient (Wildman–Crippen LogP) is 1.44. The Morgan fingerprint density at radius 1 is 0.909 bits per heavy atom. The summed E-state index contributed by atoms with van der Waals surface area (Å²) >= 11 is 0. The summed E-state index contributed by atoms with van der Waals surface area (Å²) in [4.78, 5) is 69.4. The Morgan fingerprint density at radius 3 is 2.18 bits per heavy atom. The van der Waals surface area contributed by atoms with Crippen LogP contribution in [-0.2, 0) is 19.2 Å². The lowest BCUT2D eigenvalue weighted by atomic mass is 9.98. The second-order valence-electron chi connectivity index (χ2n) is 11.5. The average molecular weight is 609 g/mol. The fourth-order valence-electron chi connectivity index (χ4n) is 4.55. The molecule has 4 N–H and O–H groups in total. The number of ketones is 1. The SMILES string of the molecule is C=C/C=C\C=C(/C)C[C@H](NC(=O)c1ccccc1)C(=O)N[C@@H](C)C(=O)N[C@H](C(=O)C(=O)NCCN1CCN(C)CC1)C(C)C. The van der Waals surface area contributed by atoms with Crippen LogP contribution in [0.5, 0.6) is 0 Å². The van der Waals surface area contributed by atoms with Crippen LogP contribution in [-0.4, -0.2) is 104 Å². The van der Waals surface area contributed by atoms with Gasteiger partial charge >= 0.3 is 0 Å². The third-order valence-electron chi connectivity index (χ3n) is 7.34. The van der Waals surface area contributed by atoms with Gasteiger partial charge in [0.15, 0.2) is 0 Å². The lowest BCUT2D eigenvalue weighted by molar-refractivity contribution is -0.141. The molecule has 1 aromatic carbocycles. The number of nitrogens with one attached hydrogen (secondary N) is 4. The van der Waals surface area contributed by atoms with Gasteiger partial charge in [0, 0.05) is 44.8 Å². The first kappa shape index (κ1) is 36.1. The van der Waals surface area contributed by atoms with Crippen LogP contribution in [0.3, 0.4) is 0 Å². The molecular formula is C33H48N6O5. The van der Waals surface area contributed by atoms with Crippen molar-refractivity contribution in [2.24, 2.45) is 5.92 Å². The zero-order valence-electron chi connectivity index (χ0n) is 26.6.